The van der Waals surface area contributed by atoms with Gasteiger partial charge in [0.2, 0.25) is 0 Å². The molecule has 0 bridgehead atoms. The number of hydrogen-bond donors (Lipinski definition) is 2. The molecule has 118 valence electrons. The lowest BCUT2D eigenvalue weighted by molar-refractivity contribution is 0.251. The van der Waals surface area contributed by atoms with E-state index in [1.807, 2.05) is 41.1 Å². The molecular weight excluding hydrogens is 310 g/mol. The first kappa shape index (κ1) is 15.2. The summed E-state index contributed by atoms with van der Waals surface area (Å²) in [6.45, 7) is 3.11. The lowest BCUT2D eigenvalue weighted by Gasteiger charge is -2.09. The zero-order chi connectivity index (χ0) is 16.1. The van der Waals surface area contributed by atoms with Gasteiger partial charge in [-0.15, -0.1) is 10.2 Å². The summed E-state index contributed by atoms with van der Waals surface area (Å²) in [4.78, 5) is 12.0. The largest absolute Gasteiger partial charge is 0.331 e. The summed E-state index contributed by atoms with van der Waals surface area (Å²) < 4.78 is 1.89. The molecule has 0 aliphatic rings. The first-order valence-corrected chi connectivity index (χ1v) is 8.24. The van der Waals surface area contributed by atoms with Crippen LogP contribution in [0.1, 0.15) is 12.7 Å². The van der Waals surface area contributed by atoms with E-state index >= 15 is 0 Å². The summed E-state index contributed by atoms with van der Waals surface area (Å²) in [6, 6.07) is 9.56. The maximum Gasteiger partial charge on any atom is 0.319 e. The Kier molecular flexibility index (Phi) is 4.68. The summed E-state index contributed by atoms with van der Waals surface area (Å²) in [5, 5.41) is 17.6. The van der Waals surface area contributed by atoms with E-state index in [0.717, 1.165) is 29.2 Å². The molecule has 2 heterocycles. The normalized spacial score (nSPS) is 10.5. The van der Waals surface area contributed by atoms with E-state index in [1.165, 1.54) is 0 Å². The van der Waals surface area contributed by atoms with Crippen molar-refractivity contribution in [2.24, 2.45) is 0 Å². The molecule has 3 rings (SSSR count). The molecule has 0 saturated carbocycles. The molecule has 7 heteroatoms. The maximum absolute atomic E-state index is 12.0. The molecule has 0 fully saturated rings. The second-order valence-corrected chi connectivity index (χ2v) is 5.71. The molecule has 0 unspecified atom stereocenters. The van der Waals surface area contributed by atoms with Crippen LogP contribution in [0.2, 0.25) is 0 Å². The van der Waals surface area contributed by atoms with Crippen molar-refractivity contribution in [2.75, 3.05) is 5.32 Å². The molecule has 0 radical (unpaired) electrons. The number of hydrogen-bond acceptors (Lipinski definition) is 4. The van der Waals surface area contributed by atoms with Gasteiger partial charge in [-0.3, -0.25) is 0 Å². The van der Waals surface area contributed by atoms with Gasteiger partial charge in [-0.1, -0.05) is 12.1 Å². The average molecular weight is 327 g/mol. The molecule has 0 spiro atoms. The smallest absolute Gasteiger partial charge is 0.319 e. The number of anilines is 1. The number of aromatic nitrogens is 3. The van der Waals surface area contributed by atoms with Crippen LogP contribution >= 0.6 is 11.3 Å². The van der Waals surface area contributed by atoms with Gasteiger partial charge in [0, 0.05) is 12.2 Å². The minimum atomic E-state index is -0.266. The summed E-state index contributed by atoms with van der Waals surface area (Å²) in [5.74, 6) is 0.731. The van der Waals surface area contributed by atoms with Crippen LogP contribution in [-0.2, 0) is 13.1 Å². The Balaban J connectivity index is 1.61. The standard InChI is InChI=1S/C16H17N5OS/c1-2-21-11-18-20-15(21)9-17-16(22)19-14-5-3-4-12(8-14)13-6-7-23-10-13/h3-8,10-11H,2,9H2,1H3,(H2,17,19,22). The number of carbonyl (C=O) groups is 1. The van der Waals surface area contributed by atoms with Gasteiger partial charge in [-0.05, 0) is 47.0 Å². The van der Waals surface area contributed by atoms with Crippen molar-refractivity contribution in [1.29, 1.82) is 0 Å². The van der Waals surface area contributed by atoms with Gasteiger partial charge in [-0.25, -0.2) is 4.79 Å². The Morgan fingerprint density at radius 2 is 2.22 bits per heavy atom. The van der Waals surface area contributed by atoms with Gasteiger partial charge in [0.05, 0.1) is 6.54 Å². The molecule has 2 amide bonds. The van der Waals surface area contributed by atoms with Gasteiger partial charge in [0.15, 0.2) is 5.82 Å². The van der Waals surface area contributed by atoms with Crippen LogP contribution in [0.5, 0.6) is 0 Å². The summed E-state index contributed by atoms with van der Waals surface area (Å²) in [6.07, 6.45) is 1.65. The molecule has 3 aromatic rings. The van der Waals surface area contributed by atoms with Crippen LogP contribution in [0.25, 0.3) is 11.1 Å². The van der Waals surface area contributed by atoms with Crippen molar-refractivity contribution >= 4 is 23.1 Å². The Morgan fingerprint density at radius 3 is 3.00 bits per heavy atom. The SMILES string of the molecule is CCn1cnnc1CNC(=O)Nc1cccc(-c2ccsc2)c1. The van der Waals surface area contributed by atoms with Crippen LogP contribution in [0.4, 0.5) is 10.5 Å². The van der Waals surface area contributed by atoms with E-state index in [1.54, 1.807) is 17.7 Å². The van der Waals surface area contributed by atoms with Crippen LogP contribution in [0.15, 0.2) is 47.4 Å². The first-order valence-electron chi connectivity index (χ1n) is 7.30. The number of benzene rings is 1. The lowest BCUT2D eigenvalue weighted by atomic mass is 10.1. The molecule has 2 aromatic heterocycles. The maximum atomic E-state index is 12.0. The number of rotatable bonds is 5. The second kappa shape index (κ2) is 7.06. The molecule has 0 aliphatic carbocycles. The van der Waals surface area contributed by atoms with Crippen molar-refractivity contribution in [2.45, 2.75) is 20.0 Å². The highest BCUT2D eigenvalue weighted by Crippen LogP contribution is 2.24. The van der Waals surface area contributed by atoms with Crippen molar-refractivity contribution in [1.82, 2.24) is 20.1 Å². The van der Waals surface area contributed by atoms with Gasteiger partial charge < -0.3 is 15.2 Å². The Bertz CT molecular complexity index is 781. The Hall–Kier alpha value is -2.67. The lowest BCUT2D eigenvalue weighted by Crippen LogP contribution is -2.29. The number of nitrogens with one attached hydrogen (secondary N) is 2. The summed E-state index contributed by atoms with van der Waals surface area (Å²) in [5.41, 5.74) is 2.98. The van der Waals surface area contributed by atoms with Crippen molar-refractivity contribution in [3.63, 3.8) is 0 Å². The number of carbonyl (C=O) groups excluding carboxylic acids is 1. The van der Waals surface area contributed by atoms with Crippen molar-refractivity contribution in [3.8, 4) is 11.1 Å². The second-order valence-electron chi connectivity index (χ2n) is 4.93. The fourth-order valence-corrected chi connectivity index (χ4v) is 2.88. The van der Waals surface area contributed by atoms with Crippen LogP contribution in [0.3, 0.4) is 0 Å². The van der Waals surface area contributed by atoms with E-state index in [2.05, 4.69) is 32.3 Å². The van der Waals surface area contributed by atoms with E-state index in [4.69, 9.17) is 0 Å². The number of nitrogens with zero attached hydrogens (tertiary/aromatic N) is 3. The van der Waals surface area contributed by atoms with E-state index in [-0.39, 0.29) is 6.03 Å². The zero-order valence-corrected chi connectivity index (χ0v) is 13.5. The van der Waals surface area contributed by atoms with Gasteiger partial charge >= 0.3 is 6.03 Å². The fourth-order valence-electron chi connectivity index (χ4n) is 2.22. The Morgan fingerprint density at radius 1 is 1.30 bits per heavy atom. The molecule has 23 heavy (non-hydrogen) atoms. The third-order valence-electron chi connectivity index (χ3n) is 3.42. The quantitative estimate of drug-likeness (QED) is 0.755. The third-order valence-corrected chi connectivity index (χ3v) is 4.10. The summed E-state index contributed by atoms with van der Waals surface area (Å²) >= 11 is 1.65. The number of thiophene rings is 1. The average Bonchev–Trinajstić information content (AvgIpc) is 3.24. The first-order chi connectivity index (χ1) is 11.3. The highest BCUT2D eigenvalue weighted by molar-refractivity contribution is 7.08. The Labute approximate surface area is 138 Å². The molecule has 6 nitrogen and oxygen atoms in total. The number of aryl methyl sites for hydroxylation is 1. The topological polar surface area (TPSA) is 71.8 Å². The molecule has 2 N–H and O–H groups in total. The van der Waals surface area contributed by atoms with Crippen molar-refractivity contribution in [3.05, 3.63) is 53.2 Å². The molecular formula is C16H17N5OS. The third kappa shape index (κ3) is 3.75. The predicted molar refractivity (Wildman–Crippen MR) is 91.3 cm³/mol. The van der Waals surface area contributed by atoms with Crippen LogP contribution in [0, 0.1) is 0 Å². The number of urea groups is 1. The van der Waals surface area contributed by atoms with E-state index in [0.29, 0.717) is 6.54 Å². The summed E-state index contributed by atoms with van der Waals surface area (Å²) in [7, 11) is 0. The predicted octanol–water partition coefficient (Wildman–Crippen LogP) is 3.35. The molecule has 0 aliphatic heterocycles. The van der Waals surface area contributed by atoms with Gasteiger partial charge in [0.25, 0.3) is 0 Å². The molecule has 0 atom stereocenters. The molecule has 1 aromatic carbocycles. The molecule has 0 saturated heterocycles. The van der Waals surface area contributed by atoms with E-state index < -0.39 is 0 Å². The van der Waals surface area contributed by atoms with Gasteiger partial charge in [-0.2, -0.15) is 11.3 Å². The highest BCUT2D eigenvalue weighted by atomic mass is 32.1. The minimum Gasteiger partial charge on any atom is -0.331 e. The zero-order valence-electron chi connectivity index (χ0n) is 12.7. The van der Waals surface area contributed by atoms with Crippen molar-refractivity contribution < 1.29 is 4.79 Å². The highest BCUT2D eigenvalue weighted by Gasteiger charge is 2.07. The van der Waals surface area contributed by atoms with Crippen LogP contribution in [-0.4, -0.2) is 20.8 Å². The van der Waals surface area contributed by atoms with E-state index in [9.17, 15) is 4.79 Å². The fraction of sp³-hybridized carbons (Fsp3) is 0.188. The van der Waals surface area contributed by atoms with Gasteiger partial charge in [0.1, 0.15) is 6.33 Å². The minimum absolute atomic E-state index is 0.266. The number of amides is 2. The monoisotopic (exact) mass is 327 g/mol. The van der Waals surface area contributed by atoms with Crippen LogP contribution < -0.4 is 10.6 Å².